The predicted octanol–water partition coefficient (Wildman–Crippen LogP) is 3.77. The number of esters is 1. The van der Waals surface area contributed by atoms with Crippen molar-refractivity contribution in [3.05, 3.63) is 29.8 Å². The molecule has 0 aliphatic rings. The molecule has 0 aliphatic heterocycles. The first kappa shape index (κ1) is 21.0. The van der Waals surface area contributed by atoms with E-state index < -0.39 is 5.97 Å². The number of amides is 1. The Bertz CT molecular complexity index is 542. The number of hydrogen-bond acceptors (Lipinski definition) is 4. The van der Waals surface area contributed by atoms with Gasteiger partial charge in [-0.25, -0.2) is 4.79 Å². The van der Waals surface area contributed by atoms with Crippen molar-refractivity contribution < 1.29 is 19.1 Å². The fourth-order valence-corrected chi connectivity index (χ4v) is 2.26. The number of ether oxygens (including phenoxy) is 2. The number of rotatable bonds is 10. The molecule has 0 radical (unpaired) electrons. The van der Waals surface area contributed by atoms with Gasteiger partial charge in [-0.3, -0.25) is 4.79 Å². The van der Waals surface area contributed by atoms with E-state index in [2.05, 4.69) is 27.7 Å². The first-order valence-corrected chi connectivity index (χ1v) is 8.92. The summed E-state index contributed by atoms with van der Waals surface area (Å²) in [5.74, 6) is 1.14. The van der Waals surface area contributed by atoms with E-state index >= 15 is 0 Å². The second-order valence-corrected chi connectivity index (χ2v) is 7.05. The zero-order valence-corrected chi connectivity index (χ0v) is 16.1. The summed E-state index contributed by atoms with van der Waals surface area (Å²) in [6, 6.07) is 6.68. The Hall–Kier alpha value is -2.04. The van der Waals surface area contributed by atoms with Gasteiger partial charge in [-0.2, -0.15) is 0 Å². The number of hydrogen-bond donors (Lipinski definition) is 0. The van der Waals surface area contributed by atoms with Crippen molar-refractivity contribution in [1.29, 1.82) is 0 Å². The number of benzene rings is 1. The van der Waals surface area contributed by atoms with E-state index in [9.17, 15) is 9.59 Å². The molecule has 1 amide bonds. The monoisotopic (exact) mass is 349 g/mol. The third-order valence-electron chi connectivity index (χ3n) is 3.92. The predicted molar refractivity (Wildman–Crippen MR) is 98.8 cm³/mol. The lowest BCUT2D eigenvalue weighted by atomic mass is 10.1. The molecule has 0 bridgehead atoms. The van der Waals surface area contributed by atoms with Gasteiger partial charge in [0.15, 0.2) is 6.61 Å². The van der Waals surface area contributed by atoms with Gasteiger partial charge in [0.1, 0.15) is 5.75 Å². The maximum Gasteiger partial charge on any atom is 0.337 e. The van der Waals surface area contributed by atoms with Crippen molar-refractivity contribution in [2.75, 3.05) is 26.8 Å². The zero-order valence-electron chi connectivity index (χ0n) is 16.1. The van der Waals surface area contributed by atoms with E-state index in [1.165, 1.54) is 7.11 Å². The molecular weight excluding hydrogens is 318 g/mol. The van der Waals surface area contributed by atoms with Crippen molar-refractivity contribution in [2.24, 2.45) is 11.8 Å². The standard InChI is InChI=1S/C20H31NO4/c1-15(2)9-11-21(12-10-16(3)4)19(22)14-25-18-8-6-7-17(13-18)20(23)24-5/h6-8,13,15-16H,9-12,14H2,1-5H3. The smallest absolute Gasteiger partial charge is 0.337 e. The molecule has 1 rings (SSSR count). The Morgan fingerprint density at radius 3 is 2.16 bits per heavy atom. The third kappa shape index (κ3) is 8.05. The first-order chi connectivity index (χ1) is 11.8. The van der Waals surface area contributed by atoms with E-state index in [4.69, 9.17) is 9.47 Å². The molecule has 0 saturated heterocycles. The Morgan fingerprint density at radius 1 is 1.04 bits per heavy atom. The highest BCUT2D eigenvalue weighted by Gasteiger charge is 2.15. The van der Waals surface area contributed by atoms with Gasteiger partial charge in [-0.05, 0) is 42.9 Å². The highest BCUT2D eigenvalue weighted by molar-refractivity contribution is 5.89. The summed E-state index contributed by atoms with van der Waals surface area (Å²) in [5.41, 5.74) is 0.406. The number of nitrogens with zero attached hydrogens (tertiary/aromatic N) is 1. The van der Waals surface area contributed by atoms with Crippen LogP contribution in [0, 0.1) is 11.8 Å². The van der Waals surface area contributed by atoms with E-state index in [-0.39, 0.29) is 12.5 Å². The molecule has 140 valence electrons. The van der Waals surface area contributed by atoms with Crippen LogP contribution in [0.3, 0.4) is 0 Å². The van der Waals surface area contributed by atoms with Gasteiger partial charge < -0.3 is 14.4 Å². The van der Waals surface area contributed by atoms with Gasteiger partial charge in [0.05, 0.1) is 12.7 Å². The molecule has 0 spiro atoms. The first-order valence-electron chi connectivity index (χ1n) is 8.92. The summed E-state index contributed by atoms with van der Waals surface area (Å²) < 4.78 is 10.3. The van der Waals surface area contributed by atoms with Crippen molar-refractivity contribution in [2.45, 2.75) is 40.5 Å². The Kier molecular flexibility index (Phi) is 9.03. The summed E-state index contributed by atoms with van der Waals surface area (Å²) in [5, 5.41) is 0. The molecule has 25 heavy (non-hydrogen) atoms. The van der Waals surface area contributed by atoms with Crippen LogP contribution in [0.4, 0.5) is 0 Å². The number of carbonyl (C=O) groups excluding carboxylic acids is 2. The fourth-order valence-electron chi connectivity index (χ4n) is 2.26. The van der Waals surface area contributed by atoms with Crippen LogP contribution in [0.25, 0.3) is 0 Å². The van der Waals surface area contributed by atoms with Crippen LogP contribution in [0.15, 0.2) is 24.3 Å². The average Bonchev–Trinajstić information content (AvgIpc) is 2.58. The fraction of sp³-hybridized carbons (Fsp3) is 0.600. The number of methoxy groups -OCH3 is 1. The van der Waals surface area contributed by atoms with Crippen LogP contribution < -0.4 is 4.74 Å². The summed E-state index contributed by atoms with van der Waals surface area (Å²) in [6.07, 6.45) is 1.95. The van der Waals surface area contributed by atoms with Crippen molar-refractivity contribution >= 4 is 11.9 Å². The molecule has 1 aromatic carbocycles. The Morgan fingerprint density at radius 2 is 1.64 bits per heavy atom. The van der Waals surface area contributed by atoms with E-state index in [0.29, 0.717) is 23.1 Å². The largest absolute Gasteiger partial charge is 0.484 e. The Balaban J connectivity index is 2.64. The van der Waals surface area contributed by atoms with Gasteiger partial charge in [0.2, 0.25) is 0 Å². The lowest BCUT2D eigenvalue weighted by molar-refractivity contribution is -0.133. The van der Waals surface area contributed by atoms with Crippen LogP contribution >= 0.6 is 0 Å². The molecule has 0 atom stereocenters. The second kappa shape index (κ2) is 10.7. The second-order valence-electron chi connectivity index (χ2n) is 7.05. The summed E-state index contributed by atoms with van der Waals surface area (Å²) in [4.78, 5) is 26.0. The van der Waals surface area contributed by atoms with E-state index in [0.717, 1.165) is 25.9 Å². The lowest BCUT2D eigenvalue weighted by Gasteiger charge is -2.24. The summed E-state index contributed by atoms with van der Waals surface area (Å²) >= 11 is 0. The number of carbonyl (C=O) groups is 2. The van der Waals surface area contributed by atoms with Crippen LogP contribution in [0.5, 0.6) is 5.75 Å². The van der Waals surface area contributed by atoms with Gasteiger partial charge in [0, 0.05) is 13.1 Å². The highest BCUT2D eigenvalue weighted by atomic mass is 16.5. The summed E-state index contributed by atoms with van der Waals surface area (Å²) in [6.45, 7) is 10.1. The van der Waals surface area contributed by atoms with Crippen LogP contribution in [0.1, 0.15) is 50.9 Å². The normalized spacial score (nSPS) is 10.8. The maximum absolute atomic E-state index is 12.5. The molecular formula is C20H31NO4. The summed E-state index contributed by atoms with van der Waals surface area (Å²) in [7, 11) is 1.33. The third-order valence-corrected chi connectivity index (χ3v) is 3.92. The minimum atomic E-state index is -0.424. The van der Waals surface area contributed by atoms with E-state index in [1.807, 2.05) is 4.90 Å². The molecule has 5 nitrogen and oxygen atoms in total. The highest BCUT2D eigenvalue weighted by Crippen LogP contribution is 2.15. The van der Waals surface area contributed by atoms with Gasteiger partial charge >= 0.3 is 5.97 Å². The molecule has 1 aromatic rings. The minimum absolute atomic E-state index is 0.0234. The maximum atomic E-state index is 12.5. The topological polar surface area (TPSA) is 55.8 Å². The molecule has 0 heterocycles. The SMILES string of the molecule is COC(=O)c1cccc(OCC(=O)N(CCC(C)C)CCC(C)C)c1. The quantitative estimate of drug-likeness (QED) is 0.603. The van der Waals surface area contributed by atoms with Crippen molar-refractivity contribution in [3.8, 4) is 5.75 Å². The Labute approximate surface area is 151 Å². The minimum Gasteiger partial charge on any atom is -0.484 e. The van der Waals surface area contributed by atoms with Crippen LogP contribution in [0.2, 0.25) is 0 Å². The molecule has 0 N–H and O–H groups in total. The molecule has 0 aliphatic carbocycles. The van der Waals surface area contributed by atoms with E-state index in [1.54, 1.807) is 24.3 Å². The van der Waals surface area contributed by atoms with Crippen LogP contribution in [-0.4, -0.2) is 43.6 Å². The molecule has 0 saturated carbocycles. The van der Waals surface area contributed by atoms with Crippen molar-refractivity contribution in [3.63, 3.8) is 0 Å². The molecule has 0 unspecified atom stereocenters. The average molecular weight is 349 g/mol. The molecule has 0 fully saturated rings. The molecule has 5 heteroatoms. The van der Waals surface area contributed by atoms with Crippen LogP contribution in [-0.2, 0) is 9.53 Å². The lowest BCUT2D eigenvalue weighted by Crippen LogP contribution is -2.37. The van der Waals surface area contributed by atoms with Gasteiger partial charge in [-0.15, -0.1) is 0 Å². The zero-order chi connectivity index (χ0) is 18.8. The van der Waals surface area contributed by atoms with Gasteiger partial charge in [-0.1, -0.05) is 33.8 Å². The molecule has 0 aromatic heterocycles. The van der Waals surface area contributed by atoms with Gasteiger partial charge in [0.25, 0.3) is 5.91 Å². The van der Waals surface area contributed by atoms with Crippen molar-refractivity contribution in [1.82, 2.24) is 4.90 Å².